The van der Waals surface area contributed by atoms with Crippen LogP contribution >= 0.6 is 11.6 Å². The first kappa shape index (κ1) is 23.9. The van der Waals surface area contributed by atoms with E-state index in [2.05, 4.69) is 21.9 Å². The van der Waals surface area contributed by atoms with Gasteiger partial charge in [-0.05, 0) is 81.7 Å². The maximum absolute atomic E-state index is 11.0. The summed E-state index contributed by atoms with van der Waals surface area (Å²) in [5.74, 6) is 1.67. The van der Waals surface area contributed by atoms with E-state index in [1.54, 1.807) is 0 Å². The summed E-state index contributed by atoms with van der Waals surface area (Å²) in [6, 6.07) is 12.2. The lowest BCUT2D eigenvalue weighted by Crippen LogP contribution is -2.47. The van der Waals surface area contributed by atoms with Crippen LogP contribution < -0.4 is 9.47 Å². The van der Waals surface area contributed by atoms with Gasteiger partial charge < -0.3 is 19.5 Å². The lowest BCUT2D eigenvalue weighted by atomic mass is 9.92. The van der Waals surface area contributed by atoms with Gasteiger partial charge in [-0.2, -0.15) is 0 Å². The minimum Gasteiger partial charge on any atom is -0.492 e. The molecule has 0 bridgehead atoms. The normalized spacial score (nSPS) is 16.5. The first-order chi connectivity index (χ1) is 14.7. The molecular weight excluding hydrogens is 412 g/mol. The Balaban J connectivity index is 1.44. The summed E-state index contributed by atoms with van der Waals surface area (Å²) in [6.45, 7) is 8.41. The Morgan fingerprint density at radius 3 is 2.19 bits per heavy atom. The van der Waals surface area contributed by atoms with Gasteiger partial charge in [0.05, 0.1) is 0 Å². The third kappa shape index (κ3) is 7.11. The number of benzene rings is 2. The fraction of sp³-hybridized carbons (Fsp3) is 0.520. The van der Waals surface area contributed by atoms with E-state index in [1.807, 2.05) is 52.2 Å². The van der Waals surface area contributed by atoms with Gasteiger partial charge in [0.2, 0.25) is 0 Å². The summed E-state index contributed by atoms with van der Waals surface area (Å²) in [4.78, 5) is 4.49. The summed E-state index contributed by atoms with van der Waals surface area (Å²) in [6.07, 6.45) is 1.40. The van der Waals surface area contributed by atoms with Crippen molar-refractivity contribution in [3.63, 3.8) is 0 Å². The van der Waals surface area contributed by atoms with Crippen LogP contribution in [0, 0.1) is 13.8 Å². The number of nitrogens with zero attached hydrogens (tertiary/aromatic N) is 2. The van der Waals surface area contributed by atoms with Crippen molar-refractivity contribution in [1.29, 1.82) is 0 Å². The second-order valence-corrected chi connectivity index (χ2v) is 9.33. The molecule has 2 aromatic carbocycles. The van der Waals surface area contributed by atoms with Gasteiger partial charge in [-0.25, -0.2) is 0 Å². The largest absolute Gasteiger partial charge is 0.492 e. The standard InChI is InChI=1S/C25H35ClN2O3/c1-19-15-23(16-20(2)24(19)26)31-18-25(29)9-11-28(12-10-25)17-21-5-7-22(8-6-21)30-14-13-27(3)4/h5-8,15-16,29H,9-14,17-18H2,1-4H3. The predicted octanol–water partition coefficient (Wildman–Crippen LogP) is 4.30. The van der Waals surface area contributed by atoms with Crippen LogP contribution in [0.4, 0.5) is 0 Å². The van der Waals surface area contributed by atoms with Crippen LogP contribution in [0.5, 0.6) is 11.5 Å². The van der Waals surface area contributed by atoms with Crippen molar-refractivity contribution in [3.8, 4) is 11.5 Å². The van der Waals surface area contributed by atoms with Crippen LogP contribution in [0.2, 0.25) is 5.02 Å². The number of aliphatic hydroxyl groups is 1. The number of ether oxygens (including phenoxy) is 2. The molecule has 6 heteroatoms. The van der Waals surface area contributed by atoms with Crippen LogP contribution in [0.25, 0.3) is 0 Å². The molecule has 1 aliphatic heterocycles. The Bertz CT molecular complexity index is 823. The van der Waals surface area contributed by atoms with Crippen molar-refractivity contribution in [2.45, 2.75) is 38.8 Å². The third-order valence-corrected chi connectivity index (χ3v) is 6.44. The van der Waals surface area contributed by atoms with E-state index >= 15 is 0 Å². The molecule has 0 unspecified atom stereocenters. The smallest absolute Gasteiger partial charge is 0.120 e. The topological polar surface area (TPSA) is 45.2 Å². The minimum absolute atomic E-state index is 0.306. The van der Waals surface area contributed by atoms with Crippen molar-refractivity contribution in [3.05, 3.63) is 58.1 Å². The molecule has 0 spiro atoms. The van der Waals surface area contributed by atoms with Gasteiger partial charge in [0.25, 0.3) is 0 Å². The van der Waals surface area contributed by atoms with Crippen LogP contribution in [-0.4, -0.2) is 67.5 Å². The van der Waals surface area contributed by atoms with Crippen molar-refractivity contribution in [1.82, 2.24) is 9.80 Å². The molecule has 1 saturated heterocycles. The highest BCUT2D eigenvalue weighted by Gasteiger charge is 2.33. The van der Waals surface area contributed by atoms with E-state index < -0.39 is 5.60 Å². The molecule has 0 aliphatic carbocycles. The van der Waals surface area contributed by atoms with Gasteiger partial charge in [-0.3, -0.25) is 4.90 Å². The average molecular weight is 447 g/mol. The number of halogens is 1. The summed E-state index contributed by atoms with van der Waals surface area (Å²) in [5, 5.41) is 11.7. The quantitative estimate of drug-likeness (QED) is 0.622. The van der Waals surface area contributed by atoms with E-state index in [9.17, 15) is 5.11 Å². The van der Waals surface area contributed by atoms with Gasteiger partial charge in [0.15, 0.2) is 0 Å². The molecule has 31 heavy (non-hydrogen) atoms. The van der Waals surface area contributed by atoms with Crippen molar-refractivity contribution in [2.24, 2.45) is 0 Å². The maximum Gasteiger partial charge on any atom is 0.120 e. The van der Waals surface area contributed by atoms with E-state index in [-0.39, 0.29) is 0 Å². The second kappa shape index (κ2) is 10.7. The number of piperidine rings is 1. The molecule has 0 amide bonds. The van der Waals surface area contributed by atoms with Gasteiger partial charge in [-0.1, -0.05) is 23.7 Å². The van der Waals surface area contributed by atoms with Gasteiger partial charge in [0.1, 0.15) is 30.3 Å². The van der Waals surface area contributed by atoms with Crippen LogP contribution in [0.1, 0.15) is 29.5 Å². The lowest BCUT2D eigenvalue weighted by Gasteiger charge is -2.38. The number of likely N-dealkylation sites (N-methyl/N-ethyl adjacent to an activating group) is 1. The first-order valence-corrected chi connectivity index (χ1v) is 11.3. The highest BCUT2D eigenvalue weighted by molar-refractivity contribution is 6.32. The summed E-state index contributed by atoms with van der Waals surface area (Å²) >= 11 is 6.23. The Morgan fingerprint density at radius 2 is 1.61 bits per heavy atom. The number of hydrogen-bond acceptors (Lipinski definition) is 5. The van der Waals surface area contributed by atoms with Gasteiger partial charge >= 0.3 is 0 Å². The fourth-order valence-corrected chi connectivity index (χ4v) is 3.88. The number of likely N-dealkylation sites (tertiary alicyclic amines) is 1. The minimum atomic E-state index is -0.790. The van der Waals surface area contributed by atoms with E-state index in [4.69, 9.17) is 21.1 Å². The Hall–Kier alpha value is -1.79. The van der Waals surface area contributed by atoms with Crippen molar-refractivity contribution in [2.75, 3.05) is 46.9 Å². The lowest BCUT2D eigenvalue weighted by molar-refractivity contribution is -0.0537. The third-order valence-electron chi connectivity index (χ3n) is 5.84. The van der Waals surface area contributed by atoms with E-state index in [0.717, 1.165) is 53.8 Å². The zero-order valence-electron chi connectivity index (χ0n) is 19.2. The van der Waals surface area contributed by atoms with E-state index in [1.165, 1.54) is 5.56 Å². The average Bonchev–Trinajstić information content (AvgIpc) is 2.73. The van der Waals surface area contributed by atoms with Gasteiger partial charge in [0, 0.05) is 31.2 Å². The summed E-state index contributed by atoms with van der Waals surface area (Å²) < 4.78 is 11.7. The monoisotopic (exact) mass is 446 g/mol. The summed E-state index contributed by atoms with van der Waals surface area (Å²) in [5.41, 5.74) is 2.45. The molecule has 3 rings (SSSR count). The fourth-order valence-electron chi connectivity index (χ4n) is 3.77. The van der Waals surface area contributed by atoms with Crippen LogP contribution in [0.3, 0.4) is 0 Å². The molecule has 0 aromatic heterocycles. The van der Waals surface area contributed by atoms with E-state index in [0.29, 0.717) is 26.1 Å². The molecular formula is C25H35ClN2O3. The summed E-state index contributed by atoms with van der Waals surface area (Å²) in [7, 11) is 4.08. The molecule has 2 aromatic rings. The first-order valence-electron chi connectivity index (χ1n) is 10.9. The molecule has 1 aliphatic rings. The maximum atomic E-state index is 11.0. The molecule has 1 fully saturated rings. The zero-order chi connectivity index (χ0) is 22.4. The Morgan fingerprint density at radius 1 is 1.00 bits per heavy atom. The molecule has 1 heterocycles. The SMILES string of the molecule is Cc1cc(OCC2(O)CCN(Cc3ccc(OCCN(C)C)cc3)CC2)cc(C)c1Cl. The van der Waals surface area contributed by atoms with Crippen LogP contribution in [-0.2, 0) is 6.54 Å². The molecule has 170 valence electrons. The molecule has 0 saturated carbocycles. The molecule has 0 atom stereocenters. The zero-order valence-corrected chi connectivity index (χ0v) is 19.9. The molecule has 0 radical (unpaired) electrons. The van der Waals surface area contributed by atoms with Crippen molar-refractivity contribution < 1.29 is 14.6 Å². The molecule has 5 nitrogen and oxygen atoms in total. The second-order valence-electron chi connectivity index (χ2n) is 8.96. The highest BCUT2D eigenvalue weighted by atomic mass is 35.5. The van der Waals surface area contributed by atoms with Gasteiger partial charge in [-0.15, -0.1) is 0 Å². The molecule has 1 N–H and O–H groups in total. The number of hydrogen-bond donors (Lipinski definition) is 1. The Labute approximate surface area is 191 Å². The highest BCUT2D eigenvalue weighted by Crippen LogP contribution is 2.29. The number of aryl methyl sites for hydroxylation is 2. The Kier molecular flexibility index (Phi) is 8.23. The predicted molar refractivity (Wildman–Crippen MR) is 126 cm³/mol. The van der Waals surface area contributed by atoms with Crippen molar-refractivity contribution >= 4 is 11.6 Å². The van der Waals surface area contributed by atoms with Crippen LogP contribution in [0.15, 0.2) is 36.4 Å². The number of rotatable bonds is 9.